The molecule has 1 N–H and O–H groups in total. The first-order chi connectivity index (χ1) is 8.48. The summed E-state index contributed by atoms with van der Waals surface area (Å²) in [6, 6.07) is 5.25. The lowest BCUT2D eigenvalue weighted by atomic mass is 10.3. The summed E-state index contributed by atoms with van der Waals surface area (Å²) in [4.78, 5) is 4.07. The SMILES string of the molecule is CCOc1ccc2nc(NCC(F)(F)F)sc2c1. The maximum atomic E-state index is 12.1. The predicted molar refractivity (Wildman–Crippen MR) is 65.3 cm³/mol. The van der Waals surface area contributed by atoms with Crippen molar-refractivity contribution in [3.05, 3.63) is 18.2 Å². The summed E-state index contributed by atoms with van der Waals surface area (Å²) in [6.45, 7) is 1.34. The van der Waals surface area contributed by atoms with Gasteiger partial charge in [-0.15, -0.1) is 0 Å². The van der Waals surface area contributed by atoms with Gasteiger partial charge in [-0.2, -0.15) is 13.2 Å². The van der Waals surface area contributed by atoms with E-state index in [0.717, 1.165) is 4.70 Å². The molecule has 2 rings (SSSR count). The number of thiazole rings is 1. The summed E-state index contributed by atoms with van der Waals surface area (Å²) < 4.78 is 42.3. The number of nitrogens with zero attached hydrogens (tertiary/aromatic N) is 1. The zero-order valence-corrected chi connectivity index (χ0v) is 10.4. The van der Waals surface area contributed by atoms with Crippen LogP contribution in [0.1, 0.15) is 6.92 Å². The number of anilines is 1. The van der Waals surface area contributed by atoms with E-state index in [2.05, 4.69) is 10.3 Å². The number of ether oxygens (including phenoxy) is 1. The molecule has 0 aliphatic carbocycles. The van der Waals surface area contributed by atoms with E-state index in [-0.39, 0.29) is 5.13 Å². The van der Waals surface area contributed by atoms with Crippen molar-refractivity contribution >= 4 is 26.7 Å². The van der Waals surface area contributed by atoms with Gasteiger partial charge in [0.2, 0.25) is 0 Å². The smallest absolute Gasteiger partial charge is 0.405 e. The maximum absolute atomic E-state index is 12.1. The van der Waals surface area contributed by atoms with Crippen LogP contribution in [0, 0.1) is 0 Å². The minimum absolute atomic E-state index is 0.260. The minimum Gasteiger partial charge on any atom is -0.494 e. The van der Waals surface area contributed by atoms with Gasteiger partial charge >= 0.3 is 6.18 Å². The first-order valence-electron chi connectivity index (χ1n) is 5.32. The standard InChI is InChI=1S/C11H11F3N2OS/c1-2-17-7-3-4-8-9(5-7)18-10(16-8)15-6-11(12,13)14/h3-5H,2,6H2,1H3,(H,15,16). The lowest BCUT2D eigenvalue weighted by Gasteiger charge is -2.05. The summed E-state index contributed by atoms with van der Waals surface area (Å²) in [6.07, 6.45) is -4.24. The molecule has 0 saturated carbocycles. The number of rotatable bonds is 4. The topological polar surface area (TPSA) is 34.1 Å². The Bertz CT molecular complexity index is 539. The fourth-order valence-corrected chi connectivity index (χ4v) is 2.30. The van der Waals surface area contributed by atoms with E-state index < -0.39 is 12.7 Å². The highest BCUT2D eigenvalue weighted by molar-refractivity contribution is 7.22. The van der Waals surface area contributed by atoms with Gasteiger partial charge in [-0.3, -0.25) is 0 Å². The number of nitrogens with one attached hydrogen (secondary N) is 1. The Labute approximate surface area is 106 Å². The van der Waals surface area contributed by atoms with Crippen molar-refractivity contribution < 1.29 is 17.9 Å². The van der Waals surface area contributed by atoms with Crippen molar-refractivity contribution in [3.8, 4) is 5.75 Å². The summed E-state index contributed by atoms with van der Waals surface area (Å²) in [5.41, 5.74) is 0.660. The largest absolute Gasteiger partial charge is 0.494 e. The zero-order chi connectivity index (χ0) is 13.2. The second-order valence-corrected chi connectivity index (χ2v) is 4.58. The van der Waals surface area contributed by atoms with Crippen LogP contribution < -0.4 is 10.1 Å². The first-order valence-corrected chi connectivity index (χ1v) is 6.13. The number of hydrogen-bond acceptors (Lipinski definition) is 4. The van der Waals surface area contributed by atoms with Crippen LogP contribution in [0.25, 0.3) is 10.2 Å². The minimum atomic E-state index is -4.24. The summed E-state index contributed by atoms with van der Waals surface area (Å²) in [7, 11) is 0. The summed E-state index contributed by atoms with van der Waals surface area (Å²) in [5, 5.41) is 2.53. The highest BCUT2D eigenvalue weighted by atomic mass is 32.1. The normalized spacial score (nSPS) is 11.8. The number of fused-ring (bicyclic) bond motifs is 1. The second kappa shape index (κ2) is 5.01. The average Bonchev–Trinajstić information content (AvgIpc) is 2.68. The Morgan fingerprint density at radius 3 is 2.83 bits per heavy atom. The fraction of sp³-hybridized carbons (Fsp3) is 0.364. The Balaban J connectivity index is 2.16. The summed E-state index contributed by atoms with van der Waals surface area (Å²) >= 11 is 1.18. The second-order valence-electron chi connectivity index (χ2n) is 3.55. The quantitative estimate of drug-likeness (QED) is 0.925. The van der Waals surface area contributed by atoms with Crippen LogP contribution in [-0.2, 0) is 0 Å². The van der Waals surface area contributed by atoms with Crippen molar-refractivity contribution in [2.45, 2.75) is 13.1 Å². The number of benzene rings is 1. The van der Waals surface area contributed by atoms with E-state index in [1.807, 2.05) is 6.92 Å². The Morgan fingerprint density at radius 2 is 2.17 bits per heavy atom. The zero-order valence-electron chi connectivity index (χ0n) is 9.54. The van der Waals surface area contributed by atoms with Crippen LogP contribution in [0.5, 0.6) is 5.75 Å². The Morgan fingerprint density at radius 1 is 1.39 bits per heavy atom. The number of aromatic nitrogens is 1. The van der Waals surface area contributed by atoms with Crippen molar-refractivity contribution in [2.24, 2.45) is 0 Å². The molecule has 0 unspecified atom stereocenters. The van der Waals surface area contributed by atoms with Gasteiger partial charge in [0, 0.05) is 0 Å². The molecule has 0 atom stereocenters. The van der Waals surface area contributed by atoms with Crippen LogP contribution in [-0.4, -0.2) is 24.3 Å². The molecule has 0 aliphatic heterocycles. The monoisotopic (exact) mass is 276 g/mol. The maximum Gasteiger partial charge on any atom is 0.405 e. The molecule has 0 aliphatic rings. The van der Waals surface area contributed by atoms with Gasteiger partial charge < -0.3 is 10.1 Å². The third kappa shape index (κ3) is 3.25. The van der Waals surface area contributed by atoms with Gasteiger partial charge in [-0.25, -0.2) is 4.98 Å². The Kier molecular flexibility index (Phi) is 3.60. The van der Waals surface area contributed by atoms with E-state index in [0.29, 0.717) is 17.9 Å². The molecule has 0 fully saturated rings. The predicted octanol–water partition coefficient (Wildman–Crippen LogP) is 3.67. The van der Waals surface area contributed by atoms with E-state index in [1.54, 1.807) is 18.2 Å². The molecule has 0 saturated heterocycles. The molecular formula is C11H11F3N2OS. The Hall–Kier alpha value is -1.50. The number of hydrogen-bond donors (Lipinski definition) is 1. The van der Waals surface area contributed by atoms with Crippen molar-refractivity contribution in [1.82, 2.24) is 4.98 Å². The van der Waals surface area contributed by atoms with Crippen LogP contribution in [0.3, 0.4) is 0 Å². The van der Waals surface area contributed by atoms with Crippen LogP contribution in [0.15, 0.2) is 18.2 Å². The molecule has 1 aromatic carbocycles. The molecular weight excluding hydrogens is 265 g/mol. The van der Waals surface area contributed by atoms with Crippen molar-refractivity contribution in [1.29, 1.82) is 0 Å². The first kappa shape index (κ1) is 12.9. The van der Waals surface area contributed by atoms with Crippen molar-refractivity contribution in [3.63, 3.8) is 0 Å². The van der Waals surface area contributed by atoms with E-state index >= 15 is 0 Å². The summed E-state index contributed by atoms with van der Waals surface area (Å²) in [5.74, 6) is 0.691. The molecule has 0 amide bonds. The lowest BCUT2D eigenvalue weighted by molar-refractivity contribution is -0.115. The third-order valence-corrected chi connectivity index (χ3v) is 3.09. The third-order valence-electron chi connectivity index (χ3n) is 2.11. The van der Waals surface area contributed by atoms with E-state index in [1.165, 1.54) is 11.3 Å². The number of alkyl halides is 3. The van der Waals surface area contributed by atoms with Crippen LogP contribution in [0.2, 0.25) is 0 Å². The van der Waals surface area contributed by atoms with Gasteiger partial charge in [-0.05, 0) is 25.1 Å². The van der Waals surface area contributed by atoms with Crippen molar-refractivity contribution in [2.75, 3.05) is 18.5 Å². The molecule has 1 aromatic heterocycles. The fourth-order valence-electron chi connectivity index (χ4n) is 1.41. The van der Waals surface area contributed by atoms with E-state index in [4.69, 9.17) is 4.74 Å². The highest BCUT2D eigenvalue weighted by Crippen LogP contribution is 2.29. The van der Waals surface area contributed by atoms with E-state index in [9.17, 15) is 13.2 Å². The molecule has 0 spiro atoms. The number of halogens is 3. The van der Waals surface area contributed by atoms with Gasteiger partial charge in [0.15, 0.2) is 5.13 Å². The van der Waals surface area contributed by atoms with Gasteiger partial charge in [0.25, 0.3) is 0 Å². The molecule has 98 valence electrons. The highest BCUT2D eigenvalue weighted by Gasteiger charge is 2.27. The molecule has 3 nitrogen and oxygen atoms in total. The van der Waals surface area contributed by atoms with Gasteiger partial charge in [0.1, 0.15) is 12.3 Å². The lowest BCUT2D eigenvalue weighted by Crippen LogP contribution is -2.21. The molecule has 18 heavy (non-hydrogen) atoms. The average molecular weight is 276 g/mol. The van der Waals surface area contributed by atoms with Gasteiger partial charge in [-0.1, -0.05) is 11.3 Å². The molecule has 2 aromatic rings. The molecule has 1 heterocycles. The molecule has 0 radical (unpaired) electrons. The molecule has 7 heteroatoms. The molecule has 0 bridgehead atoms. The van der Waals surface area contributed by atoms with Crippen LogP contribution >= 0.6 is 11.3 Å². The van der Waals surface area contributed by atoms with Crippen LogP contribution in [0.4, 0.5) is 18.3 Å². The van der Waals surface area contributed by atoms with Gasteiger partial charge in [0.05, 0.1) is 16.8 Å².